The van der Waals surface area contributed by atoms with E-state index in [1.54, 1.807) is 0 Å². The van der Waals surface area contributed by atoms with Crippen molar-refractivity contribution in [1.82, 2.24) is 0 Å². The summed E-state index contributed by atoms with van der Waals surface area (Å²) >= 11 is 0. The highest BCUT2D eigenvalue weighted by molar-refractivity contribution is 5.75. The average molecular weight is 294 g/mol. The highest BCUT2D eigenvalue weighted by Gasteiger charge is 2.60. The van der Waals surface area contributed by atoms with Gasteiger partial charge in [0.05, 0.1) is 23.9 Å². The van der Waals surface area contributed by atoms with E-state index in [1.165, 1.54) is 12.8 Å². The molecule has 1 saturated heterocycles. The van der Waals surface area contributed by atoms with Gasteiger partial charge in [0.1, 0.15) is 0 Å². The van der Waals surface area contributed by atoms with Gasteiger partial charge in [-0.25, -0.2) is 0 Å². The summed E-state index contributed by atoms with van der Waals surface area (Å²) in [7, 11) is 0. The molecular weight excluding hydrogens is 268 g/mol. The Kier molecular flexibility index (Phi) is 3.55. The minimum Gasteiger partial charge on any atom is -0.473 e. The Morgan fingerprint density at radius 2 is 2.10 bits per heavy atom. The van der Waals surface area contributed by atoms with Crippen molar-refractivity contribution in [3.8, 4) is 0 Å². The van der Waals surface area contributed by atoms with E-state index >= 15 is 0 Å². The van der Waals surface area contributed by atoms with E-state index in [0.717, 1.165) is 25.7 Å². The predicted molar refractivity (Wildman–Crippen MR) is 78.4 cm³/mol. The van der Waals surface area contributed by atoms with Gasteiger partial charge in [0.25, 0.3) is 0 Å². The lowest BCUT2D eigenvalue weighted by Crippen LogP contribution is -2.47. The van der Waals surface area contributed by atoms with Gasteiger partial charge in [-0.15, -0.1) is 0 Å². The molecule has 2 bridgehead atoms. The minimum atomic E-state index is -0.437. The van der Waals surface area contributed by atoms with Crippen LogP contribution in [0.3, 0.4) is 0 Å². The van der Waals surface area contributed by atoms with Crippen LogP contribution in [0.1, 0.15) is 59.3 Å². The molecule has 0 N–H and O–H groups in total. The van der Waals surface area contributed by atoms with Gasteiger partial charge in [-0.1, -0.05) is 12.8 Å². The second-order valence-corrected chi connectivity index (χ2v) is 7.70. The molecule has 1 aliphatic carbocycles. The third kappa shape index (κ3) is 2.48. The monoisotopic (exact) mass is 294 g/mol. The normalized spacial score (nSPS) is 37.8. The van der Waals surface area contributed by atoms with Gasteiger partial charge in [0.15, 0.2) is 0 Å². The molecule has 0 amide bonds. The zero-order valence-corrected chi connectivity index (χ0v) is 13.3. The van der Waals surface area contributed by atoms with Crippen LogP contribution >= 0.6 is 0 Å². The number of carbonyl (C=O) groups is 1. The van der Waals surface area contributed by atoms with Gasteiger partial charge in [-0.3, -0.25) is 4.79 Å². The molecule has 0 unspecified atom stereocenters. The molecule has 3 atom stereocenters. The summed E-state index contributed by atoms with van der Waals surface area (Å²) in [5.41, 5.74) is -0.559. The van der Waals surface area contributed by atoms with Crippen LogP contribution in [0.5, 0.6) is 0 Å². The number of esters is 1. The molecule has 2 heterocycles. The Morgan fingerprint density at radius 1 is 1.33 bits per heavy atom. The Balaban J connectivity index is 1.68. The SMILES string of the molecule is CC(C)(C)C(=O)OCC[C@@]12CCCC[C@@]13C=CO[C@@H](C2)O3. The molecule has 4 heteroatoms. The first-order valence-electron chi connectivity index (χ1n) is 8.05. The maximum atomic E-state index is 11.9. The van der Waals surface area contributed by atoms with E-state index in [2.05, 4.69) is 6.08 Å². The summed E-state index contributed by atoms with van der Waals surface area (Å²) in [6.07, 6.45) is 10.2. The van der Waals surface area contributed by atoms with Crippen LogP contribution in [-0.4, -0.2) is 24.5 Å². The molecular formula is C17H26O4. The van der Waals surface area contributed by atoms with Crippen LogP contribution in [0.15, 0.2) is 12.3 Å². The molecule has 0 radical (unpaired) electrons. The molecule has 3 aliphatic rings. The van der Waals surface area contributed by atoms with Crippen LogP contribution in [0.25, 0.3) is 0 Å². The summed E-state index contributed by atoms with van der Waals surface area (Å²) in [4.78, 5) is 11.9. The van der Waals surface area contributed by atoms with Crippen molar-refractivity contribution >= 4 is 5.97 Å². The Morgan fingerprint density at radius 3 is 2.86 bits per heavy atom. The van der Waals surface area contributed by atoms with Crippen LogP contribution in [0.4, 0.5) is 0 Å². The number of ether oxygens (including phenoxy) is 3. The van der Waals surface area contributed by atoms with Gasteiger partial charge in [0, 0.05) is 11.8 Å². The first-order valence-corrected chi connectivity index (χ1v) is 8.05. The third-order valence-electron chi connectivity index (χ3n) is 5.24. The number of rotatable bonds is 3. The first kappa shape index (κ1) is 14.9. The Hall–Kier alpha value is -1.03. The van der Waals surface area contributed by atoms with Crippen molar-refractivity contribution in [3.63, 3.8) is 0 Å². The second-order valence-electron chi connectivity index (χ2n) is 7.70. The van der Waals surface area contributed by atoms with E-state index in [9.17, 15) is 4.79 Å². The third-order valence-corrected chi connectivity index (χ3v) is 5.24. The number of hydrogen-bond donors (Lipinski definition) is 0. The Labute approximate surface area is 126 Å². The lowest BCUT2D eigenvalue weighted by atomic mass is 9.61. The zero-order valence-electron chi connectivity index (χ0n) is 13.3. The predicted octanol–water partition coefficient (Wildman–Crippen LogP) is 3.56. The van der Waals surface area contributed by atoms with Crippen LogP contribution < -0.4 is 0 Å². The molecule has 21 heavy (non-hydrogen) atoms. The van der Waals surface area contributed by atoms with Crippen molar-refractivity contribution in [3.05, 3.63) is 12.3 Å². The number of fused-ring (bicyclic) bond motifs is 1. The summed E-state index contributed by atoms with van der Waals surface area (Å²) < 4.78 is 17.2. The van der Waals surface area contributed by atoms with Gasteiger partial charge in [-0.2, -0.15) is 0 Å². The van der Waals surface area contributed by atoms with Crippen LogP contribution in [0.2, 0.25) is 0 Å². The van der Waals surface area contributed by atoms with E-state index in [1.807, 2.05) is 27.0 Å². The lowest BCUT2D eigenvalue weighted by molar-refractivity contribution is -0.167. The van der Waals surface area contributed by atoms with Gasteiger partial charge >= 0.3 is 5.97 Å². The van der Waals surface area contributed by atoms with Crippen molar-refractivity contribution in [1.29, 1.82) is 0 Å². The summed E-state index contributed by atoms with van der Waals surface area (Å²) in [5.74, 6) is -0.127. The van der Waals surface area contributed by atoms with Crippen molar-refractivity contribution in [2.45, 2.75) is 71.2 Å². The van der Waals surface area contributed by atoms with Crippen molar-refractivity contribution in [2.75, 3.05) is 6.61 Å². The summed E-state index contributed by atoms with van der Waals surface area (Å²) in [6, 6.07) is 0. The molecule has 0 aromatic heterocycles. The number of hydrogen-bond acceptors (Lipinski definition) is 4. The molecule has 1 saturated carbocycles. The summed E-state index contributed by atoms with van der Waals surface area (Å²) in [6.45, 7) is 6.13. The molecule has 4 nitrogen and oxygen atoms in total. The zero-order chi connectivity index (χ0) is 15.1. The van der Waals surface area contributed by atoms with Crippen LogP contribution in [-0.2, 0) is 19.0 Å². The topological polar surface area (TPSA) is 44.8 Å². The highest BCUT2D eigenvalue weighted by atomic mass is 16.7. The average Bonchev–Trinajstić information content (AvgIpc) is 2.64. The maximum absolute atomic E-state index is 11.9. The van der Waals surface area contributed by atoms with E-state index < -0.39 is 5.41 Å². The fraction of sp³-hybridized carbons (Fsp3) is 0.824. The Bertz CT molecular complexity index is 450. The fourth-order valence-electron chi connectivity index (χ4n) is 3.99. The van der Waals surface area contributed by atoms with Gasteiger partial charge in [-0.05, 0) is 46.1 Å². The maximum Gasteiger partial charge on any atom is 0.311 e. The van der Waals surface area contributed by atoms with Crippen molar-refractivity contribution in [2.24, 2.45) is 10.8 Å². The van der Waals surface area contributed by atoms with E-state index in [0.29, 0.717) is 6.61 Å². The molecule has 0 aromatic rings. The highest BCUT2D eigenvalue weighted by Crippen LogP contribution is 2.59. The molecule has 2 fully saturated rings. The van der Waals surface area contributed by atoms with E-state index in [4.69, 9.17) is 14.2 Å². The van der Waals surface area contributed by atoms with E-state index in [-0.39, 0.29) is 23.3 Å². The first-order chi connectivity index (χ1) is 9.87. The van der Waals surface area contributed by atoms with Crippen molar-refractivity contribution < 1.29 is 19.0 Å². The fourth-order valence-corrected chi connectivity index (χ4v) is 3.99. The lowest BCUT2D eigenvalue weighted by Gasteiger charge is -2.46. The van der Waals surface area contributed by atoms with Gasteiger partial charge < -0.3 is 14.2 Å². The molecule has 0 aromatic carbocycles. The minimum absolute atomic E-state index is 0.0705. The second kappa shape index (κ2) is 5.01. The summed E-state index contributed by atoms with van der Waals surface area (Å²) in [5, 5.41) is 0. The standard InChI is InChI=1S/C17H26O4/c1-15(2,3)14(18)20-10-8-16-6-4-5-7-17(16)9-11-19-13(12-16)21-17/h9,11,13H,4-8,10,12H2,1-3H3/t13-,16-,17-/m1/s1. The van der Waals surface area contributed by atoms with Gasteiger partial charge in [0.2, 0.25) is 6.29 Å². The number of carbonyl (C=O) groups excluding carboxylic acids is 1. The largest absolute Gasteiger partial charge is 0.473 e. The molecule has 1 spiro atoms. The smallest absolute Gasteiger partial charge is 0.311 e. The molecule has 3 rings (SSSR count). The van der Waals surface area contributed by atoms with Crippen LogP contribution in [0, 0.1) is 10.8 Å². The molecule has 118 valence electrons. The molecule has 2 aliphatic heterocycles. The quantitative estimate of drug-likeness (QED) is 0.747.